The molecule has 120 valence electrons. The number of rotatable bonds is 6. The molecule has 0 saturated carbocycles. The predicted octanol–water partition coefficient (Wildman–Crippen LogP) is 5.40. The molecule has 0 bridgehead atoms. The van der Waals surface area contributed by atoms with Crippen LogP contribution in [0.4, 0.5) is 5.00 Å². The van der Waals surface area contributed by atoms with Gasteiger partial charge in [0.05, 0.1) is 5.56 Å². The van der Waals surface area contributed by atoms with E-state index in [2.05, 4.69) is 11.4 Å². The quantitative estimate of drug-likeness (QED) is 0.551. The van der Waals surface area contributed by atoms with Crippen LogP contribution in [0.25, 0.3) is 0 Å². The summed E-state index contributed by atoms with van der Waals surface area (Å²) in [6.07, 6.45) is 1.23. The molecule has 1 heterocycles. The van der Waals surface area contributed by atoms with Crippen molar-refractivity contribution in [3.63, 3.8) is 0 Å². The van der Waals surface area contributed by atoms with Gasteiger partial charge in [-0.2, -0.15) is 5.26 Å². The number of hydrogen-bond donors (Lipinski definition) is 1. The van der Waals surface area contributed by atoms with Crippen molar-refractivity contribution in [3.8, 4) is 6.07 Å². The van der Waals surface area contributed by atoms with Gasteiger partial charge in [-0.15, -0.1) is 23.1 Å². The van der Waals surface area contributed by atoms with Gasteiger partial charge < -0.3 is 5.32 Å². The molecule has 0 saturated heterocycles. The summed E-state index contributed by atoms with van der Waals surface area (Å²) < 4.78 is 0. The molecule has 0 aliphatic carbocycles. The number of hydrogen-bond acceptors (Lipinski definition) is 4. The third-order valence-electron chi connectivity index (χ3n) is 3.38. The van der Waals surface area contributed by atoms with Crippen LogP contribution in [-0.4, -0.2) is 11.7 Å². The van der Waals surface area contributed by atoms with Crippen LogP contribution in [0.15, 0.2) is 29.2 Å². The van der Waals surface area contributed by atoms with Crippen molar-refractivity contribution in [2.45, 2.75) is 31.6 Å². The van der Waals surface area contributed by atoms with E-state index in [1.54, 1.807) is 11.8 Å². The maximum absolute atomic E-state index is 12.0. The van der Waals surface area contributed by atoms with Crippen molar-refractivity contribution >= 4 is 45.6 Å². The first kappa shape index (κ1) is 17.9. The average Bonchev–Trinajstić information content (AvgIpc) is 2.79. The predicted molar refractivity (Wildman–Crippen MR) is 98.5 cm³/mol. The molecule has 1 aromatic heterocycles. The van der Waals surface area contributed by atoms with E-state index < -0.39 is 0 Å². The third kappa shape index (κ3) is 5.00. The maximum atomic E-state index is 12.0. The number of nitriles is 1. The van der Waals surface area contributed by atoms with Crippen LogP contribution in [0.3, 0.4) is 0 Å². The molecule has 0 radical (unpaired) electrons. The number of anilines is 1. The molecule has 1 amide bonds. The molecule has 1 aromatic carbocycles. The van der Waals surface area contributed by atoms with Gasteiger partial charge in [0.15, 0.2) is 0 Å². The summed E-state index contributed by atoms with van der Waals surface area (Å²) in [5.41, 5.74) is 1.53. The van der Waals surface area contributed by atoms with Crippen LogP contribution in [0.1, 0.15) is 28.8 Å². The highest BCUT2D eigenvalue weighted by atomic mass is 35.5. The number of carbonyl (C=O) groups excluding carboxylic acids is 1. The number of benzene rings is 1. The van der Waals surface area contributed by atoms with E-state index in [9.17, 15) is 10.1 Å². The molecule has 0 aliphatic rings. The first-order valence-corrected chi connectivity index (χ1v) is 9.37. The van der Waals surface area contributed by atoms with E-state index in [1.807, 2.05) is 38.1 Å². The second kappa shape index (κ2) is 8.39. The lowest BCUT2D eigenvalue weighted by atomic mass is 10.2. The molecule has 2 rings (SSSR count). The molecule has 0 spiro atoms. The Hall–Kier alpha value is -1.48. The highest BCUT2D eigenvalue weighted by molar-refractivity contribution is 7.99. The lowest BCUT2D eigenvalue weighted by Gasteiger charge is -2.04. The zero-order valence-corrected chi connectivity index (χ0v) is 15.4. The highest BCUT2D eigenvalue weighted by Crippen LogP contribution is 2.31. The zero-order valence-electron chi connectivity index (χ0n) is 13.0. The average molecular weight is 365 g/mol. The fraction of sp³-hybridized carbons (Fsp3) is 0.294. The Kier molecular flexibility index (Phi) is 6.52. The number of amides is 1. The number of carbonyl (C=O) groups is 1. The number of halogens is 1. The molecule has 23 heavy (non-hydrogen) atoms. The van der Waals surface area contributed by atoms with Crippen molar-refractivity contribution in [2.24, 2.45) is 0 Å². The zero-order chi connectivity index (χ0) is 16.8. The molecule has 2 aromatic rings. The molecule has 0 unspecified atom stereocenters. The maximum Gasteiger partial charge on any atom is 0.225 e. The van der Waals surface area contributed by atoms with Crippen molar-refractivity contribution in [1.29, 1.82) is 5.26 Å². The summed E-state index contributed by atoms with van der Waals surface area (Å²) in [5, 5.41) is 13.4. The Bertz CT molecular complexity index is 732. The summed E-state index contributed by atoms with van der Waals surface area (Å²) in [5.74, 6) is 0.822. The first-order valence-electron chi connectivity index (χ1n) is 7.19. The SMILES string of the molecule is Cc1sc(NC(=O)CCCSc2ccc(Cl)cc2)c(C#N)c1C. The van der Waals surface area contributed by atoms with Crippen LogP contribution in [0.5, 0.6) is 0 Å². The van der Waals surface area contributed by atoms with Gasteiger partial charge in [0.1, 0.15) is 11.1 Å². The molecule has 1 N–H and O–H groups in total. The Balaban J connectivity index is 1.78. The van der Waals surface area contributed by atoms with Crippen LogP contribution in [0.2, 0.25) is 5.02 Å². The number of nitrogens with zero attached hydrogens (tertiary/aromatic N) is 1. The molecular weight excluding hydrogens is 348 g/mol. The van der Waals surface area contributed by atoms with E-state index in [1.165, 1.54) is 11.3 Å². The van der Waals surface area contributed by atoms with Gasteiger partial charge >= 0.3 is 0 Å². The van der Waals surface area contributed by atoms with E-state index in [-0.39, 0.29) is 5.91 Å². The molecular formula is C17H17ClN2OS2. The fourth-order valence-electron chi connectivity index (χ4n) is 1.99. The second-order valence-corrected chi connectivity index (χ2v) is 7.88. The Labute approximate surface area is 149 Å². The van der Waals surface area contributed by atoms with Crippen LogP contribution >= 0.6 is 34.7 Å². The monoisotopic (exact) mass is 364 g/mol. The summed E-state index contributed by atoms with van der Waals surface area (Å²) in [6.45, 7) is 3.86. The number of thioether (sulfide) groups is 1. The largest absolute Gasteiger partial charge is 0.317 e. The third-order valence-corrected chi connectivity index (χ3v) is 5.85. The number of thiophene rings is 1. The van der Waals surface area contributed by atoms with Crippen LogP contribution < -0.4 is 5.32 Å². The number of aryl methyl sites for hydroxylation is 1. The fourth-order valence-corrected chi connectivity index (χ4v) is 4.00. The van der Waals surface area contributed by atoms with Crippen LogP contribution in [-0.2, 0) is 4.79 Å². The van der Waals surface area contributed by atoms with Crippen molar-refractivity contribution in [2.75, 3.05) is 11.1 Å². The molecule has 0 fully saturated rings. The van der Waals surface area contributed by atoms with Crippen molar-refractivity contribution < 1.29 is 4.79 Å². The van der Waals surface area contributed by atoms with E-state index in [0.29, 0.717) is 17.0 Å². The second-order valence-electron chi connectivity index (χ2n) is 5.05. The van der Waals surface area contributed by atoms with Gasteiger partial charge in [0, 0.05) is 21.2 Å². The minimum atomic E-state index is -0.0422. The first-order chi connectivity index (χ1) is 11.0. The van der Waals surface area contributed by atoms with Gasteiger partial charge in [-0.05, 0) is 55.9 Å². The lowest BCUT2D eigenvalue weighted by Crippen LogP contribution is -2.11. The van der Waals surface area contributed by atoms with Crippen LogP contribution in [0, 0.1) is 25.2 Å². The minimum absolute atomic E-state index is 0.0422. The Morgan fingerprint density at radius 2 is 2.04 bits per heavy atom. The van der Waals surface area contributed by atoms with Gasteiger partial charge in [0.2, 0.25) is 5.91 Å². The van der Waals surface area contributed by atoms with E-state index in [4.69, 9.17) is 11.6 Å². The molecule has 0 aliphatic heterocycles. The molecule has 6 heteroatoms. The lowest BCUT2D eigenvalue weighted by molar-refractivity contribution is -0.116. The van der Waals surface area contributed by atoms with Crippen molar-refractivity contribution in [1.82, 2.24) is 0 Å². The molecule has 3 nitrogen and oxygen atoms in total. The smallest absolute Gasteiger partial charge is 0.225 e. The van der Waals surface area contributed by atoms with Gasteiger partial charge in [-0.25, -0.2) is 0 Å². The highest BCUT2D eigenvalue weighted by Gasteiger charge is 2.14. The van der Waals surface area contributed by atoms with Gasteiger partial charge in [-0.1, -0.05) is 11.6 Å². The van der Waals surface area contributed by atoms with Gasteiger partial charge in [0.25, 0.3) is 0 Å². The normalized spacial score (nSPS) is 10.3. The number of nitrogens with one attached hydrogen (secondary N) is 1. The summed E-state index contributed by atoms with van der Waals surface area (Å²) in [4.78, 5) is 14.2. The van der Waals surface area contributed by atoms with E-state index in [0.717, 1.165) is 32.5 Å². The Morgan fingerprint density at radius 3 is 2.70 bits per heavy atom. The van der Waals surface area contributed by atoms with E-state index >= 15 is 0 Å². The molecule has 0 atom stereocenters. The van der Waals surface area contributed by atoms with Crippen molar-refractivity contribution in [3.05, 3.63) is 45.3 Å². The summed E-state index contributed by atoms with van der Waals surface area (Å²) in [7, 11) is 0. The van der Waals surface area contributed by atoms with Gasteiger partial charge in [-0.3, -0.25) is 4.79 Å². The standard InChI is InChI=1S/C17H17ClN2OS2/c1-11-12(2)23-17(15(11)10-19)20-16(21)4-3-9-22-14-7-5-13(18)6-8-14/h5-8H,3-4,9H2,1-2H3,(H,20,21). The summed E-state index contributed by atoms with van der Waals surface area (Å²) in [6, 6.07) is 9.84. The summed E-state index contributed by atoms with van der Waals surface area (Å²) >= 11 is 9.01. The Morgan fingerprint density at radius 1 is 1.35 bits per heavy atom. The minimum Gasteiger partial charge on any atom is -0.317 e. The topological polar surface area (TPSA) is 52.9 Å².